The van der Waals surface area contributed by atoms with Crippen LogP contribution >= 0.6 is 0 Å². The lowest BCUT2D eigenvalue weighted by atomic mass is 9.54. The number of halogens is 2. The molecule has 1 aliphatic heterocycles. The molecule has 0 radical (unpaired) electrons. The molecular formula is C30H30F2N2O2. The molecule has 6 heteroatoms. The Labute approximate surface area is 210 Å². The van der Waals surface area contributed by atoms with Crippen LogP contribution in [0.5, 0.6) is 0 Å². The van der Waals surface area contributed by atoms with Gasteiger partial charge in [0.2, 0.25) is 5.91 Å². The van der Waals surface area contributed by atoms with Crippen molar-refractivity contribution in [3.05, 3.63) is 101 Å². The number of ketones is 1. The standard InChI is InChI=1S/C30H30F2N2O2/c1-19(35)34-18-25-27(36)14-15-30(20-8-6-10-22(31)16-20,21-9-7-11-23(32)17-21)28(25)29(34)24-12-4-5-13-26(24)33(2)3/h4-13,16-17,25,28-29H,14-15,18H2,1-3H3. The quantitative estimate of drug-likeness (QED) is 0.486. The van der Waals surface area contributed by atoms with Crippen molar-refractivity contribution in [2.24, 2.45) is 11.8 Å². The number of para-hydroxylation sites is 1. The third-order valence-electron chi connectivity index (χ3n) is 8.07. The molecule has 2 aliphatic rings. The maximum absolute atomic E-state index is 14.7. The van der Waals surface area contributed by atoms with Gasteiger partial charge in [0.15, 0.2) is 0 Å². The predicted molar refractivity (Wildman–Crippen MR) is 136 cm³/mol. The fraction of sp³-hybridized carbons (Fsp3) is 0.333. The lowest BCUT2D eigenvalue weighted by Gasteiger charge is -2.48. The number of amides is 1. The molecule has 1 saturated heterocycles. The van der Waals surface area contributed by atoms with Crippen molar-refractivity contribution in [3.63, 3.8) is 0 Å². The van der Waals surface area contributed by atoms with Crippen molar-refractivity contribution in [2.75, 3.05) is 25.5 Å². The Kier molecular flexibility index (Phi) is 6.15. The molecule has 3 aromatic carbocycles. The average molecular weight is 489 g/mol. The number of anilines is 1. The lowest BCUT2D eigenvalue weighted by molar-refractivity contribution is -0.130. The van der Waals surface area contributed by atoms with Gasteiger partial charge in [-0.05, 0) is 53.4 Å². The number of hydrogen-bond donors (Lipinski definition) is 0. The van der Waals surface area contributed by atoms with Crippen LogP contribution in [-0.4, -0.2) is 37.2 Å². The Hall–Kier alpha value is -3.54. The highest BCUT2D eigenvalue weighted by atomic mass is 19.1. The summed E-state index contributed by atoms with van der Waals surface area (Å²) in [6.07, 6.45) is 0.689. The number of nitrogens with zero attached hydrogens (tertiary/aromatic N) is 2. The van der Waals surface area contributed by atoms with Crippen LogP contribution < -0.4 is 4.90 Å². The lowest BCUT2D eigenvalue weighted by Crippen LogP contribution is -2.48. The van der Waals surface area contributed by atoms with Gasteiger partial charge < -0.3 is 9.80 Å². The monoisotopic (exact) mass is 488 g/mol. The molecule has 36 heavy (non-hydrogen) atoms. The molecule has 3 aromatic rings. The van der Waals surface area contributed by atoms with Crippen LogP contribution in [0.2, 0.25) is 0 Å². The van der Waals surface area contributed by atoms with Crippen LogP contribution in [0.4, 0.5) is 14.5 Å². The fourth-order valence-electron chi connectivity index (χ4n) is 6.64. The van der Waals surface area contributed by atoms with E-state index >= 15 is 0 Å². The zero-order valence-electron chi connectivity index (χ0n) is 20.7. The number of rotatable bonds is 4. The second kappa shape index (κ2) is 9.16. The first kappa shape index (κ1) is 24.2. The Morgan fingerprint density at radius 2 is 1.56 bits per heavy atom. The van der Waals surface area contributed by atoms with Gasteiger partial charge in [-0.2, -0.15) is 0 Å². The average Bonchev–Trinajstić information content (AvgIpc) is 3.27. The summed E-state index contributed by atoms with van der Waals surface area (Å²) in [6, 6.07) is 20.3. The topological polar surface area (TPSA) is 40.6 Å². The van der Waals surface area contributed by atoms with Gasteiger partial charge in [0.25, 0.3) is 0 Å². The smallest absolute Gasteiger partial charge is 0.219 e. The zero-order valence-corrected chi connectivity index (χ0v) is 20.7. The maximum Gasteiger partial charge on any atom is 0.219 e. The summed E-state index contributed by atoms with van der Waals surface area (Å²) in [6.45, 7) is 1.82. The van der Waals surface area contributed by atoms with E-state index in [1.165, 1.54) is 31.2 Å². The molecule has 1 amide bonds. The summed E-state index contributed by atoms with van der Waals surface area (Å²) in [4.78, 5) is 30.2. The molecule has 0 aromatic heterocycles. The Morgan fingerprint density at radius 3 is 2.11 bits per heavy atom. The minimum Gasteiger partial charge on any atom is -0.377 e. The minimum absolute atomic E-state index is 0.0968. The number of hydrogen-bond acceptors (Lipinski definition) is 3. The van der Waals surface area contributed by atoms with Crippen molar-refractivity contribution >= 4 is 17.4 Å². The summed E-state index contributed by atoms with van der Waals surface area (Å²) in [7, 11) is 3.89. The fourth-order valence-corrected chi connectivity index (χ4v) is 6.64. The van der Waals surface area contributed by atoms with E-state index < -0.39 is 23.3 Å². The number of benzene rings is 3. The molecule has 1 aliphatic carbocycles. The first-order chi connectivity index (χ1) is 17.2. The number of Topliss-reactive ketones (excluding diaryl/α,β-unsaturated/α-hetero) is 1. The van der Waals surface area contributed by atoms with Gasteiger partial charge in [-0.1, -0.05) is 42.5 Å². The van der Waals surface area contributed by atoms with Gasteiger partial charge >= 0.3 is 0 Å². The number of carbonyl (C=O) groups is 2. The van der Waals surface area contributed by atoms with E-state index in [4.69, 9.17) is 0 Å². The van der Waals surface area contributed by atoms with Crippen molar-refractivity contribution < 1.29 is 18.4 Å². The van der Waals surface area contributed by atoms with Gasteiger partial charge in [0.05, 0.1) is 6.04 Å². The number of fused-ring (bicyclic) bond motifs is 1. The summed E-state index contributed by atoms with van der Waals surface area (Å²) in [5.74, 6) is -1.64. The molecule has 1 saturated carbocycles. The number of likely N-dealkylation sites (tertiary alicyclic amines) is 1. The van der Waals surface area contributed by atoms with Crippen molar-refractivity contribution in [3.8, 4) is 0 Å². The normalized spacial score (nSPS) is 22.9. The molecule has 0 N–H and O–H groups in total. The van der Waals surface area contributed by atoms with Gasteiger partial charge in [0, 0.05) is 56.9 Å². The summed E-state index contributed by atoms with van der Waals surface area (Å²) < 4.78 is 29.4. The first-order valence-corrected chi connectivity index (χ1v) is 12.3. The Balaban J connectivity index is 1.84. The summed E-state index contributed by atoms with van der Waals surface area (Å²) in [5.41, 5.74) is 2.41. The first-order valence-electron chi connectivity index (χ1n) is 12.3. The van der Waals surface area contributed by atoms with Crippen molar-refractivity contribution in [1.82, 2.24) is 4.90 Å². The van der Waals surface area contributed by atoms with E-state index in [0.29, 0.717) is 17.5 Å². The third-order valence-corrected chi connectivity index (χ3v) is 8.07. The van der Waals surface area contributed by atoms with Crippen LogP contribution in [0.15, 0.2) is 72.8 Å². The minimum atomic E-state index is -0.864. The van der Waals surface area contributed by atoms with Crippen molar-refractivity contribution in [2.45, 2.75) is 31.2 Å². The molecule has 5 rings (SSSR count). The highest BCUT2D eigenvalue weighted by Crippen LogP contribution is 2.59. The van der Waals surface area contributed by atoms with E-state index in [2.05, 4.69) is 0 Å². The zero-order chi connectivity index (χ0) is 25.6. The molecule has 186 valence electrons. The Morgan fingerprint density at radius 1 is 0.944 bits per heavy atom. The highest BCUT2D eigenvalue weighted by molar-refractivity contribution is 5.86. The van der Waals surface area contributed by atoms with Crippen LogP contribution in [-0.2, 0) is 15.0 Å². The van der Waals surface area contributed by atoms with Gasteiger partial charge in [-0.15, -0.1) is 0 Å². The van der Waals surface area contributed by atoms with Crippen LogP contribution in [0.1, 0.15) is 42.5 Å². The molecule has 0 bridgehead atoms. The van der Waals surface area contributed by atoms with Crippen LogP contribution in [0.3, 0.4) is 0 Å². The van der Waals surface area contributed by atoms with Gasteiger partial charge in [0.1, 0.15) is 17.4 Å². The molecular weight excluding hydrogens is 458 g/mol. The molecule has 3 unspecified atom stereocenters. The van der Waals surface area contributed by atoms with Crippen LogP contribution in [0, 0.1) is 23.5 Å². The third kappa shape index (κ3) is 3.80. The molecule has 0 spiro atoms. The van der Waals surface area contributed by atoms with Crippen LogP contribution in [0.25, 0.3) is 0 Å². The Bertz CT molecular complexity index is 1280. The molecule has 3 atom stereocenters. The molecule has 2 fully saturated rings. The largest absolute Gasteiger partial charge is 0.377 e. The maximum atomic E-state index is 14.7. The SMILES string of the molecule is CC(=O)N1CC2C(=O)CCC(c3cccc(F)c3)(c3cccc(F)c3)C2C1c1ccccc1N(C)C. The van der Waals surface area contributed by atoms with E-state index in [-0.39, 0.29) is 36.3 Å². The summed E-state index contributed by atoms with van der Waals surface area (Å²) in [5, 5.41) is 0. The van der Waals surface area contributed by atoms with E-state index in [1.54, 1.807) is 17.0 Å². The van der Waals surface area contributed by atoms with E-state index in [1.807, 2.05) is 55.4 Å². The van der Waals surface area contributed by atoms with Crippen molar-refractivity contribution in [1.29, 1.82) is 0 Å². The van der Waals surface area contributed by atoms with E-state index in [9.17, 15) is 18.4 Å². The molecule has 1 heterocycles. The van der Waals surface area contributed by atoms with Gasteiger partial charge in [-0.25, -0.2) is 8.78 Å². The van der Waals surface area contributed by atoms with E-state index in [0.717, 1.165) is 11.3 Å². The number of carbonyl (C=O) groups excluding carboxylic acids is 2. The molecule has 4 nitrogen and oxygen atoms in total. The second-order valence-corrected chi connectivity index (χ2v) is 10.2. The highest BCUT2D eigenvalue weighted by Gasteiger charge is 2.60. The summed E-state index contributed by atoms with van der Waals surface area (Å²) >= 11 is 0. The second-order valence-electron chi connectivity index (χ2n) is 10.2. The predicted octanol–water partition coefficient (Wildman–Crippen LogP) is 5.52. The van der Waals surface area contributed by atoms with Gasteiger partial charge in [-0.3, -0.25) is 9.59 Å².